The summed E-state index contributed by atoms with van der Waals surface area (Å²) in [5.41, 5.74) is 8.23. The number of nitrogens with zero attached hydrogens (tertiary/aromatic N) is 2. The first-order valence-corrected chi connectivity index (χ1v) is 6.36. The molecule has 16 heavy (non-hydrogen) atoms. The van der Waals surface area contributed by atoms with Gasteiger partial charge < -0.3 is 5.73 Å². The molecule has 0 aliphatic rings. The minimum absolute atomic E-state index is 0.165. The van der Waals surface area contributed by atoms with Crippen LogP contribution in [0.3, 0.4) is 0 Å². The summed E-state index contributed by atoms with van der Waals surface area (Å²) in [5.74, 6) is 0. The average molecular weight is 345 g/mol. The van der Waals surface area contributed by atoms with Gasteiger partial charge in [0.25, 0.3) is 0 Å². The predicted octanol–water partition coefficient (Wildman–Crippen LogP) is 2.99. The summed E-state index contributed by atoms with van der Waals surface area (Å²) in [6, 6.07) is 7.78. The molecule has 1 aromatic carbocycles. The Labute approximate surface area is 111 Å². The van der Waals surface area contributed by atoms with E-state index in [0.717, 1.165) is 20.2 Å². The Balaban J connectivity index is 2.41. The molecule has 0 saturated heterocycles. The van der Waals surface area contributed by atoms with Crippen LogP contribution >= 0.6 is 31.9 Å². The van der Waals surface area contributed by atoms with Gasteiger partial charge in [0.2, 0.25) is 0 Å². The Morgan fingerprint density at radius 1 is 1.25 bits per heavy atom. The Bertz CT molecular complexity index is 487. The van der Waals surface area contributed by atoms with E-state index in [1.54, 1.807) is 10.9 Å². The van der Waals surface area contributed by atoms with E-state index in [2.05, 4.69) is 37.0 Å². The van der Waals surface area contributed by atoms with Crippen molar-refractivity contribution in [3.05, 3.63) is 50.7 Å². The first kappa shape index (κ1) is 11.8. The second-order valence-corrected chi connectivity index (χ2v) is 5.39. The monoisotopic (exact) mass is 343 g/mol. The van der Waals surface area contributed by atoms with E-state index in [1.165, 1.54) is 0 Å². The number of rotatable bonds is 2. The van der Waals surface area contributed by atoms with Gasteiger partial charge in [-0.3, -0.25) is 4.68 Å². The van der Waals surface area contributed by atoms with Gasteiger partial charge in [0.1, 0.15) is 0 Å². The van der Waals surface area contributed by atoms with Gasteiger partial charge in [0.05, 0.1) is 11.7 Å². The fraction of sp³-hybridized carbons (Fsp3) is 0.182. The summed E-state index contributed by atoms with van der Waals surface area (Å²) < 4.78 is 3.81. The van der Waals surface area contributed by atoms with Gasteiger partial charge in [0.15, 0.2) is 0 Å². The largest absolute Gasteiger partial charge is 0.319 e. The highest BCUT2D eigenvalue weighted by atomic mass is 79.9. The van der Waals surface area contributed by atoms with Crippen LogP contribution in [0.2, 0.25) is 0 Å². The molecule has 1 aromatic heterocycles. The highest BCUT2D eigenvalue weighted by Gasteiger charge is 2.13. The van der Waals surface area contributed by atoms with Crippen LogP contribution in [0.1, 0.15) is 17.3 Å². The molecular weight excluding hydrogens is 334 g/mol. The van der Waals surface area contributed by atoms with Crippen LogP contribution in [0.15, 0.2) is 39.4 Å². The lowest BCUT2D eigenvalue weighted by atomic mass is 10.1. The summed E-state index contributed by atoms with van der Waals surface area (Å²) in [6.07, 6.45) is 1.75. The number of aryl methyl sites for hydroxylation is 1. The first-order valence-electron chi connectivity index (χ1n) is 4.77. The molecule has 1 heterocycles. The number of nitrogens with two attached hydrogens (primary N) is 1. The molecule has 5 heteroatoms. The van der Waals surface area contributed by atoms with Crippen molar-refractivity contribution in [3.63, 3.8) is 0 Å². The van der Waals surface area contributed by atoms with E-state index in [-0.39, 0.29) is 6.04 Å². The Hall–Kier alpha value is -0.650. The van der Waals surface area contributed by atoms with Crippen molar-refractivity contribution in [2.24, 2.45) is 12.8 Å². The zero-order valence-electron chi connectivity index (χ0n) is 8.69. The third kappa shape index (κ3) is 2.36. The topological polar surface area (TPSA) is 43.8 Å². The van der Waals surface area contributed by atoms with Gasteiger partial charge in [-0.1, -0.05) is 31.9 Å². The van der Waals surface area contributed by atoms with E-state index >= 15 is 0 Å². The van der Waals surface area contributed by atoms with Crippen LogP contribution in [-0.2, 0) is 7.05 Å². The maximum Gasteiger partial charge on any atom is 0.0723 e. The first-order chi connectivity index (χ1) is 7.58. The quantitative estimate of drug-likeness (QED) is 0.910. The second-order valence-electron chi connectivity index (χ2n) is 3.56. The molecule has 84 valence electrons. The normalized spacial score (nSPS) is 12.8. The SMILES string of the molecule is Cn1nccc1C(N)c1cc(Br)cc(Br)c1. The van der Waals surface area contributed by atoms with E-state index in [9.17, 15) is 0 Å². The van der Waals surface area contributed by atoms with Crippen molar-refractivity contribution in [1.29, 1.82) is 0 Å². The average Bonchev–Trinajstić information content (AvgIpc) is 2.62. The molecule has 0 aliphatic heterocycles. The molecule has 0 fully saturated rings. The number of halogens is 2. The van der Waals surface area contributed by atoms with Gasteiger partial charge >= 0.3 is 0 Å². The number of hydrogen-bond donors (Lipinski definition) is 1. The Kier molecular flexibility index (Phi) is 3.47. The van der Waals surface area contributed by atoms with Crippen molar-refractivity contribution < 1.29 is 0 Å². The van der Waals surface area contributed by atoms with Crippen LogP contribution in [-0.4, -0.2) is 9.78 Å². The zero-order valence-corrected chi connectivity index (χ0v) is 11.9. The highest BCUT2D eigenvalue weighted by molar-refractivity contribution is 9.11. The number of benzene rings is 1. The van der Waals surface area contributed by atoms with Crippen molar-refractivity contribution in [1.82, 2.24) is 9.78 Å². The minimum Gasteiger partial charge on any atom is -0.319 e. The zero-order chi connectivity index (χ0) is 11.7. The van der Waals surface area contributed by atoms with Gasteiger partial charge in [-0.05, 0) is 29.8 Å². The van der Waals surface area contributed by atoms with Crippen molar-refractivity contribution >= 4 is 31.9 Å². The molecule has 2 N–H and O–H groups in total. The van der Waals surface area contributed by atoms with Crippen LogP contribution in [0, 0.1) is 0 Å². The molecular formula is C11H11Br2N3. The van der Waals surface area contributed by atoms with Gasteiger partial charge in [0, 0.05) is 22.2 Å². The molecule has 0 bridgehead atoms. The van der Waals surface area contributed by atoms with Gasteiger partial charge in [-0.25, -0.2) is 0 Å². The van der Waals surface area contributed by atoms with Crippen LogP contribution < -0.4 is 5.73 Å². The molecule has 3 nitrogen and oxygen atoms in total. The molecule has 0 radical (unpaired) electrons. The van der Waals surface area contributed by atoms with E-state index in [1.807, 2.05) is 31.3 Å². The Morgan fingerprint density at radius 3 is 2.38 bits per heavy atom. The third-order valence-corrected chi connectivity index (χ3v) is 3.34. The molecule has 0 saturated carbocycles. The summed E-state index contributed by atoms with van der Waals surface area (Å²) in [6.45, 7) is 0. The third-order valence-electron chi connectivity index (χ3n) is 2.42. The summed E-state index contributed by atoms with van der Waals surface area (Å²) in [5, 5.41) is 4.12. The van der Waals surface area contributed by atoms with Gasteiger partial charge in [-0.2, -0.15) is 5.10 Å². The van der Waals surface area contributed by atoms with Crippen molar-refractivity contribution in [3.8, 4) is 0 Å². The standard InChI is InChI=1S/C11H11Br2N3/c1-16-10(2-3-15-16)11(14)7-4-8(12)6-9(13)5-7/h2-6,11H,14H2,1H3. The smallest absolute Gasteiger partial charge is 0.0723 e. The molecule has 1 atom stereocenters. The fourth-order valence-corrected chi connectivity index (χ4v) is 2.94. The number of aromatic nitrogens is 2. The molecule has 0 amide bonds. The fourth-order valence-electron chi connectivity index (χ4n) is 1.61. The molecule has 0 aliphatic carbocycles. The summed E-state index contributed by atoms with van der Waals surface area (Å²) in [7, 11) is 1.89. The molecule has 0 spiro atoms. The molecule has 2 rings (SSSR count). The van der Waals surface area contributed by atoms with Crippen LogP contribution in [0.5, 0.6) is 0 Å². The van der Waals surface area contributed by atoms with E-state index in [0.29, 0.717) is 0 Å². The maximum atomic E-state index is 6.20. The van der Waals surface area contributed by atoms with E-state index < -0.39 is 0 Å². The predicted molar refractivity (Wildman–Crippen MR) is 71.1 cm³/mol. The van der Waals surface area contributed by atoms with Crippen molar-refractivity contribution in [2.45, 2.75) is 6.04 Å². The lowest BCUT2D eigenvalue weighted by Crippen LogP contribution is -2.15. The minimum atomic E-state index is -0.165. The highest BCUT2D eigenvalue weighted by Crippen LogP contribution is 2.26. The maximum absolute atomic E-state index is 6.20. The Morgan fingerprint density at radius 2 is 1.88 bits per heavy atom. The van der Waals surface area contributed by atoms with Crippen LogP contribution in [0.4, 0.5) is 0 Å². The number of hydrogen-bond acceptors (Lipinski definition) is 2. The van der Waals surface area contributed by atoms with Crippen LogP contribution in [0.25, 0.3) is 0 Å². The lowest BCUT2D eigenvalue weighted by Gasteiger charge is -2.13. The van der Waals surface area contributed by atoms with Crippen molar-refractivity contribution in [2.75, 3.05) is 0 Å². The second kappa shape index (κ2) is 4.69. The molecule has 2 aromatic rings. The lowest BCUT2D eigenvalue weighted by molar-refractivity contribution is 0.673. The molecule has 1 unspecified atom stereocenters. The summed E-state index contributed by atoms with van der Waals surface area (Å²) in [4.78, 5) is 0. The van der Waals surface area contributed by atoms with Gasteiger partial charge in [-0.15, -0.1) is 0 Å². The van der Waals surface area contributed by atoms with E-state index in [4.69, 9.17) is 5.73 Å². The summed E-state index contributed by atoms with van der Waals surface area (Å²) >= 11 is 6.91.